The van der Waals surface area contributed by atoms with E-state index in [-0.39, 0.29) is 18.6 Å². The molecule has 24 heavy (non-hydrogen) atoms. The lowest BCUT2D eigenvalue weighted by Gasteiger charge is -2.13. The summed E-state index contributed by atoms with van der Waals surface area (Å²) in [6, 6.07) is 0. The molecule has 0 spiro atoms. The largest absolute Gasteiger partial charge is 0.481 e. The molecule has 4 nitrogen and oxygen atoms in total. The van der Waals surface area contributed by atoms with Crippen molar-refractivity contribution in [3.05, 3.63) is 12.2 Å². The van der Waals surface area contributed by atoms with Crippen LogP contribution in [0.25, 0.3) is 0 Å². The zero-order chi connectivity index (χ0) is 18.0. The molecule has 0 aliphatic carbocycles. The average Bonchev–Trinajstić information content (AvgIpc) is 2.55. The van der Waals surface area contributed by atoms with Gasteiger partial charge in [0.2, 0.25) is 0 Å². The third kappa shape index (κ3) is 17.5. The van der Waals surface area contributed by atoms with Gasteiger partial charge in [-0.25, -0.2) is 0 Å². The maximum Gasteiger partial charge on any atom is 0.303 e. The van der Waals surface area contributed by atoms with Crippen LogP contribution in [0.5, 0.6) is 0 Å². The van der Waals surface area contributed by atoms with Crippen LogP contribution < -0.4 is 0 Å². The van der Waals surface area contributed by atoms with Crippen molar-refractivity contribution in [2.24, 2.45) is 0 Å². The van der Waals surface area contributed by atoms with Crippen molar-refractivity contribution in [1.29, 1.82) is 0 Å². The number of carbonyl (C=O) groups is 1. The third-order valence-electron chi connectivity index (χ3n) is 4.31. The second kappa shape index (κ2) is 17.0. The van der Waals surface area contributed by atoms with Gasteiger partial charge in [0.05, 0.1) is 12.2 Å². The second-order valence-electron chi connectivity index (χ2n) is 6.79. The van der Waals surface area contributed by atoms with Gasteiger partial charge in [0.1, 0.15) is 0 Å². The van der Waals surface area contributed by atoms with Gasteiger partial charge in [-0.1, -0.05) is 64.0 Å². The number of carboxylic acid groups (broad SMARTS) is 1. The molecule has 0 fully saturated rings. The number of aliphatic hydroxyl groups excluding tert-OH is 2. The molecule has 0 radical (unpaired) electrons. The van der Waals surface area contributed by atoms with Gasteiger partial charge in [-0.3, -0.25) is 4.79 Å². The van der Waals surface area contributed by atoms with E-state index in [2.05, 4.69) is 19.1 Å². The number of hydrogen-bond acceptors (Lipinski definition) is 3. The van der Waals surface area contributed by atoms with Gasteiger partial charge in [-0.2, -0.15) is 0 Å². The first-order valence-corrected chi connectivity index (χ1v) is 9.79. The molecule has 0 aromatic heterocycles. The van der Waals surface area contributed by atoms with Crippen molar-refractivity contribution < 1.29 is 20.1 Å². The van der Waals surface area contributed by atoms with Crippen LogP contribution in [0.15, 0.2) is 12.2 Å². The predicted octanol–water partition coefficient (Wildman–Crippen LogP) is 4.83. The summed E-state index contributed by atoms with van der Waals surface area (Å²) in [6.45, 7) is 2.17. The Labute approximate surface area is 148 Å². The second-order valence-corrected chi connectivity index (χ2v) is 6.79. The Kier molecular flexibility index (Phi) is 16.4. The van der Waals surface area contributed by atoms with Gasteiger partial charge in [0.15, 0.2) is 0 Å². The minimum absolute atomic E-state index is 0.273. The van der Waals surface area contributed by atoms with E-state index in [1.165, 1.54) is 12.8 Å². The van der Waals surface area contributed by atoms with E-state index in [1.807, 2.05) is 0 Å². The van der Waals surface area contributed by atoms with Crippen molar-refractivity contribution in [1.82, 2.24) is 0 Å². The molecule has 4 heteroatoms. The topological polar surface area (TPSA) is 77.8 Å². The molecule has 142 valence electrons. The molecule has 0 aromatic carbocycles. The first kappa shape index (κ1) is 23.1. The van der Waals surface area contributed by atoms with Crippen LogP contribution >= 0.6 is 0 Å². The lowest BCUT2D eigenvalue weighted by molar-refractivity contribution is -0.137. The fourth-order valence-corrected chi connectivity index (χ4v) is 2.70. The summed E-state index contributed by atoms with van der Waals surface area (Å²) in [6.07, 6.45) is 16.1. The molecule has 0 aromatic rings. The summed E-state index contributed by atoms with van der Waals surface area (Å²) in [7, 11) is 0. The summed E-state index contributed by atoms with van der Waals surface area (Å²) < 4.78 is 0. The van der Waals surface area contributed by atoms with E-state index in [4.69, 9.17) is 5.11 Å². The molecule has 0 amide bonds. The molecular weight excluding hydrogens is 304 g/mol. The standard InChI is InChI=1S/C20H38O4/c1-2-3-4-7-10-13-18(21)16-17-19(22)14-11-8-5-6-9-12-15-20(23)24/h7,10,18-19,21-22H,2-6,8-9,11-17H2,1H3,(H,23,24). The van der Waals surface area contributed by atoms with Gasteiger partial charge in [-0.05, 0) is 38.5 Å². The van der Waals surface area contributed by atoms with Crippen LogP contribution in [-0.4, -0.2) is 33.5 Å². The Hall–Kier alpha value is -0.870. The summed E-state index contributed by atoms with van der Waals surface area (Å²) in [5.41, 5.74) is 0. The van der Waals surface area contributed by atoms with Gasteiger partial charge in [0, 0.05) is 6.42 Å². The fraction of sp³-hybridized carbons (Fsp3) is 0.850. The van der Waals surface area contributed by atoms with Crippen molar-refractivity contribution in [3.8, 4) is 0 Å². The fourth-order valence-electron chi connectivity index (χ4n) is 2.70. The number of carboxylic acids is 1. The van der Waals surface area contributed by atoms with Crippen molar-refractivity contribution in [3.63, 3.8) is 0 Å². The van der Waals surface area contributed by atoms with Gasteiger partial charge in [-0.15, -0.1) is 0 Å². The minimum Gasteiger partial charge on any atom is -0.481 e. The van der Waals surface area contributed by atoms with E-state index in [1.54, 1.807) is 0 Å². The molecular formula is C20H38O4. The normalized spacial score (nSPS) is 14.1. The van der Waals surface area contributed by atoms with Crippen LogP contribution in [0, 0.1) is 0 Å². The Morgan fingerprint density at radius 2 is 1.46 bits per heavy atom. The van der Waals surface area contributed by atoms with Gasteiger partial charge < -0.3 is 15.3 Å². The lowest BCUT2D eigenvalue weighted by Crippen LogP contribution is -2.12. The summed E-state index contributed by atoms with van der Waals surface area (Å²) >= 11 is 0. The van der Waals surface area contributed by atoms with Crippen molar-refractivity contribution >= 4 is 5.97 Å². The molecule has 0 heterocycles. The maximum atomic E-state index is 10.4. The highest BCUT2D eigenvalue weighted by atomic mass is 16.4. The van der Waals surface area contributed by atoms with E-state index in [0.717, 1.165) is 51.4 Å². The summed E-state index contributed by atoms with van der Waals surface area (Å²) in [5.74, 6) is -0.711. The monoisotopic (exact) mass is 342 g/mol. The van der Waals surface area contributed by atoms with Gasteiger partial charge >= 0.3 is 5.97 Å². The molecule has 3 N–H and O–H groups in total. The lowest BCUT2D eigenvalue weighted by atomic mass is 10.0. The molecule has 0 rings (SSSR count). The van der Waals surface area contributed by atoms with E-state index in [0.29, 0.717) is 19.3 Å². The van der Waals surface area contributed by atoms with Crippen LogP contribution in [0.2, 0.25) is 0 Å². The van der Waals surface area contributed by atoms with E-state index >= 15 is 0 Å². The van der Waals surface area contributed by atoms with Crippen LogP contribution in [0.3, 0.4) is 0 Å². The Balaban J connectivity index is 3.41. The number of aliphatic carboxylic acids is 1. The highest BCUT2D eigenvalue weighted by molar-refractivity contribution is 5.66. The molecule has 0 aliphatic heterocycles. The van der Waals surface area contributed by atoms with Crippen LogP contribution in [0.1, 0.15) is 96.8 Å². The predicted molar refractivity (Wildman–Crippen MR) is 99.1 cm³/mol. The van der Waals surface area contributed by atoms with Gasteiger partial charge in [0.25, 0.3) is 0 Å². The number of allylic oxidation sites excluding steroid dienone is 1. The first-order chi connectivity index (χ1) is 11.6. The average molecular weight is 343 g/mol. The third-order valence-corrected chi connectivity index (χ3v) is 4.31. The number of rotatable bonds is 17. The van der Waals surface area contributed by atoms with Crippen molar-refractivity contribution in [2.75, 3.05) is 0 Å². The minimum atomic E-state index is -0.711. The molecule has 2 unspecified atom stereocenters. The first-order valence-electron chi connectivity index (χ1n) is 9.79. The molecule has 0 bridgehead atoms. The quantitative estimate of drug-likeness (QED) is 0.261. The zero-order valence-electron chi connectivity index (χ0n) is 15.5. The SMILES string of the molecule is CCCCC=CCC(O)CCC(O)CCCCCCCCC(=O)O. The molecule has 0 saturated carbocycles. The highest BCUT2D eigenvalue weighted by Gasteiger charge is 2.08. The van der Waals surface area contributed by atoms with Crippen LogP contribution in [-0.2, 0) is 4.79 Å². The van der Waals surface area contributed by atoms with E-state index in [9.17, 15) is 15.0 Å². The molecule has 0 aliphatic rings. The Bertz CT molecular complexity index is 315. The summed E-state index contributed by atoms with van der Waals surface area (Å²) in [4.78, 5) is 10.4. The zero-order valence-corrected chi connectivity index (χ0v) is 15.5. The summed E-state index contributed by atoms with van der Waals surface area (Å²) in [5, 5.41) is 28.4. The number of aliphatic hydroxyl groups is 2. The Morgan fingerprint density at radius 1 is 0.833 bits per heavy atom. The van der Waals surface area contributed by atoms with E-state index < -0.39 is 5.97 Å². The number of hydrogen-bond donors (Lipinski definition) is 3. The van der Waals surface area contributed by atoms with Crippen molar-refractivity contribution in [2.45, 2.75) is 109 Å². The molecule has 2 atom stereocenters. The molecule has 0 saturated heterocycles. The highest BCUT2D eigenvalue weighted by Crippen LogP contribution is 2.14. The maximum absolute atomic E-state index is 10.4. The van der Waals surface area contributed by atoms with Crippen LogP contribution in [0.4, 0.5) is 0 Å². The smallest absolute Gasteiger partial charge is 0.303 e. The number of unbranched alkanes of at least 4 members (excludes halogenated alkanes) is 7. The Morgan fingerprint density at radius 3 is 2.12 bits per heavy atom.